The fraction of sp³-hybridized carbons (Fsp3) is 0.700. The second-order valence-electron chi connectivity index (χ2n) is 3.58. The average Bonchev–Trinajstić information content (AvgIpc) is 2.82. The van der Waals surface area contributed by atoms with Crippen molar-refractivity contribution in [2.24, 2.45) is 0 Å². The molecule has 0 amide bonds. The van der Waals surface area contributed by atoms with Gasteiger partial charge in [-0.05, 0) is 19.4 Å². The molecule has 1 saturated heterocycles. The van der Waals surface area contributed by atoms with Crippen molar-refractivity contribution in [2.45, 2.75) is 25.3 Å². The third-order valence-corrected chi connectivity index (χ3v) is 3.73. The molecule has 2 N–H and O–H groups in total. The lowest BCUT2D eigenvalue weighted by molar-refractivity contribution is -0.160. The first kappa shape index (κ1) is 14.4. The molecule has 0 bridgehead atoms. The predicted octanol–water partition coefficient (Wildman–Crippen LogP) is 0.436. The number of esters is 2. The van der Waals surface area contributed by atoms with Gasteiger partial charge in [-0.1, -0.05) is 24.0 Å². The Bertz CT molecular complexity index is 304. The molecule has 0 aromatic rings. The van der Waals surface area contributed by atoms with Crippen molar-refractivity contribution in [1.29, 1.82) is 0 Å². The second-order valence-corrected chi connectivity index (χ2v) is 5.35. The minimum Gasteiger partial charge on any atom is -0.392 e. The third-order valence-electron chi connectivity index (χ3n) is 2.30. The maximum absolute atomic E-state index is 11.5. The van der Waals surface area contributed by atoms with E-state index in [1.165, 1.54) is 11.8 Å². The highest BCUT2D eigenvalue weighted by Gasteiger charge is 2.25. The summed E-state index contributed by atoms with van der Waals surface area (Å²) in [4.78, 5) is 22.8. The van der Waals surface area contributed by atoms with Crippen LogP contribution in [0.25, 0.3) is 0 Å². The van der Waals surface area contributed by atoms with Gasteiger partial charge < -0.3 is 15.4 Å². The molecule has 1 fully saturated rings. The maximum Gasteiger partial charge on any atom is 0.330 e. The number of nitrogens with one attached hydrogen (secondary N) is 2. The van der Waals surface area contributed by atoms with Crippen LogP contribution in [-0.4, -0.2) is 41.6 Å². The average molecular weight is 276 g/mol. The molecule has 0 unspecified atom stereocenters. The van der Waals surface area contributed by atoms with Crippen LogP contribution in [0, 0.1) is 0 Å². The zero-order chi connectivity index (χ0) is 12.7. The van der Waals surface area contributed by atoms with E-state index in [0.717, 1.165) is 19.4 Å². The molecule has 1 aliphatic rings. The number of rotatable bonds is 4. The monoisotopic (exact) mass is 276 g/mol. The summed E-state index contributed by atoms with van der Waals surface area (Å²) >= 11 is 6.26. The van der Waals surface area contributed by atoms with Crippen molar-refractivity contribution >= 4 is 40.2 Å². The van der Waals surface area contributed by atoms with Gasteiger partial charge in [0, 0.05) is 12.8 Å². The van der Waals surface area contributed by atoms with Crippen LogP contribution in [-0.2, 0) is 14.3 Å². The number of carbonyl (C=O) groups excluding carboxylic acids is 2. The molecular formula is C10H16N2O3S2. The zero-order valence-corrected chi connectivity index (χ0v) is 11.3. The van der Waals surface area contributed by atoms with Gasteiger partial charge in [-0.2, -0.15) is 0 Å². The van der Waals surface area contributed by atoms with E-state index in [9.17, 15) is 9.59 Å². The molecular weight excluding hydrogens is 260 g/mol. The van der Waals surface area contributed by atoms with Crippen molar-refractivity contribution in [3.05, 3.63) is 0 Å². The molecule has 17 heavy (non-hydrogen) atoms. The Morgan fingerprint density at radius 2 is 2.35 bits per heavy atom. The molecule has 7 heteroatoms. The summed E-state index contributed by atoms with van der Waals surface area (Å²) in [6.07, 6.45) is 1.87. The SMILES string of the molecule is CNC(=S)SCCC(=O)OC(=O)[C@@H]1CCCN1. The van der Waals surface area contributed by atoms with Crippen LogP contribution < -0.4 is 10.6 Å². The topological polar surface area (TPSA) is 67.4 Å². The first-order valence-electron chi connectivity index (χ1n) is 5.46. The summed E-state index contributed by atoms with van der Waals surface area (Å²) in [7, 11) is 1.73. The Hall–Kier alpha value is -0.660. The Kier molecular flexibility index (Phi) is 6.46. The molecule has 0 radical (unpaired) electrons. The van der Waals surface area contributed by atoms with Gasteiger partial charge >= 0.3 is 11.9 Å². The van der Waals surface area contributed by atoms with Gasteiger partial charge in [-0.3, -0.25) is 4.79 Å². The van der Waals surface area contributed by atoms with Crippen molar-refractivity contribution in [2.75, 3.05) is 19.3 Å². The fourth-order valence-electron chi connectivity index (χ4n) is 1.42. The van der Waals surface area contributed by atoms with Gasteiger partial charge in [0.1, 0.15) is 10.4 Å². The van der Waals surface area contributed by atoms with Crippen LogP contribution in [0.5, 0.6) is 0 Å². The van der Waals surface area contributed by atoms with E-state index in [0.29, 0.717) is 10.1 Å². The molecule has 1 heterocycles. The quantitative estimate of drug-likeness (QED) is 0.438. The lowest BCUT2D eigenvalue weighted by Gasteiger charge is -2.08. The number of thiocarbonyl (C=S) groups is 1. The van der Waals surface area contributed by atoms with E-state index in [2.05, 4.69) is 10.6 Å². The van der Waals surface area contributed by atoms with E-state index < -0.39 is 11.9 Å². The lowest BCUT2D eigenvalue weighted by atomic mass is 10.2. The Balaban J connectivity index is 2.15. The normalized spacial score (nSPS) is 18.8. The fourth-order valence-corrected chi connectivity index (χ4v) is 2.27. The first-order chi connectivity index (χ1) is 8.13. The van der Waals surface area contributed by atoms with Crippen molar-refractivity contribution in [3.63, 3.8) is 0 Å². The van der Waals surface area contributed by atoms with Crippen LogP contribution in [0.3, 0.4) is 0 Å². The van der Waals surface area contributed by atoms with E-state index in [1.54, 1.807) is 7.05 Å². The first-order valence-corrected chi connectivity index (χ1v) is 6.85. The summed E-state index contributed by atoms with van der Waals surface area (Å²) in [5.74, 6) is -0.437. The van der Waals surface area contributed by atoms with E-state index >= 15 is 0 Å². The van der Waals surface area contributed by atoms with Crippen LogP contribution in [0.15, 0.2) is 0 Å². The number of ether oxygens (including phenoxy) is 1. The van der Waals surface area contributed by atoms with Crippen molar-refractivity contribution in [1.82, 2.24) is 10.6 Å². The Morgan fingerprint density at radius 3 is 2.94 bits per heavy atom. The van der Waals surface area contributed by atoms with Crippen molar-refractivity contribution < 1.29 is 14.3 Å². The predicted molar refractivity (Wildman–Crippen MR) is 70.9 cm³/mol. The maximum atomic E-state index is 11.5. The molecule has 1 aliphatic heterocycles. The van der Waals surface area contributed by atoms with Gasteiger partial charge in [0.05, 0.1) is 6.42 Å². The molecule has 0 aromatic carbocycles. The third kappa shape index (κ3) is 5.47. The van der Waals surface area contributed by atoms with Gasteiger partial charge in [0.15, 0.2) is 0 Å². The number of thioether (sulfide) groups is 1. The second kappa shape index (κ2) is 7.62. The van der Waals surface area contributed by atoms with Gasteiger partial charge in [-0.15, -0.1) is 0 Å². The van der Waals surface area contributed by atoms with E-state index in [4.69, 9.17) is 17.0 Å². The highest BCUT2D eigenvalue weighted by molar-refractivity contribution is 8.22. The largest absolute Gasteiger partial charge is 0.392 e. The number of carbonyl (C=O) groups is 2. The molecule has 1 rings (SSSR count). The van der Waals surface area contributed by atoms with Crippen LogP contribution in [0.2, 0.25) is 0 Å². The van der Waals surface area contributed by atoms with E-state index in [1.807, 2.05) is 0 Å². The van der Waals surface area contributed by atoms with Gasteiger partial charge in [0.25, 0.3) is 0 Å². The molecule has 5 nitrogen and oxygen atoms in total. The van der Waals surface area contributed by atoms with Gasteiger partial charge in [0.2, 0.25) is 0 Å². The molecule has 1 atom stereocenters. The van der Waals surface area contributed by atoms with Crippen LogP contribution >= 0.6 is 24.0 Å². The van der Waals surface area contributed by atoms with Gasteiger partial charge in [-0.25, -0.2) is 4.79 Å². The minimum absolute atomic E-state index is 0.185. The summed E-state index contributed by atoms with van der Waals surface area (Å²) in [5, 5.41) is 5.77. The summed E-state index contributed by atoms with van der Waals surface area (Å²) < 4.78 is 5.36. The number of hydrogen-bond acceptors (Lipinski definition) is 6. The minimum atomic E-state index is -0.491. The Labute approximate surface area is 110 Å². The number of hydrogen-bond donors (Lipinski definition) is 2. The highest BCUT2D eigenvalue weighted by Crippen LogP contribution is 2.08. The summed E-state index contributed by atoms with van der Waals surface area (Å²) in [5.41, 5.74) is 0. The van der Waals surface area contributed by atoms with Crippen LogP contribution in [0.1, 0.15) is 19.3 Å². The van der Waals surface area contributed by atoms with Crippen LogP contribution in [0.4, 0.5) is 0 Å². The Morgan fingerprint density at radius 1 is 1.59 bits per heavy atom. The lowest BCUT2D eigenvalue weighted by Crippen LogP contribution is -2.33. The highest BCUT2D eigenvalue weighted by atomic mass is 32.2. The van der Waals surface area contributed by atoms with Crippen molar-refractivity contribution in [3.8, 4) is 0 Å². The summed E-state index contributed by atoms with van der Waals surface area (Å²) in [6, 6.07) is -0.315. The molecule has 0 aliphatic carbocycles. The molecule has 0 saturated carbocycles. The zero-order valence-electron chi connectivity index (χ0n) is 9.65. The smallest absolute Gasteiger partial charge is 0.330 e. The molecule has 0 aromatic heterocycles. The standard InChI is InChI=1S/C10H16N2O3S2/c1-11-10(16)17-6-4-8(13)15-9(14)7-3-2-5-12-7/h7,12H,2-6H2,1H3,(H,11,16)/t7-/m0/s1. The van der Waals surface area contributed by atoms with E-state index in [-0.39, 0.29) is 12.5 Å². The molecule has 0 spiro atoms. The molecule has 96 valence electrons. The summed E-state index contributed by atoms with van der Waals surface area (Å²) in [6.45, 7) is 0.806.